The van der Waals surface area contributed by atoms with E-state index in [1.54, 1.807) is 6.92 Å². The van der Waals surface area contributed by atoms with Crippen molar-refractivity contribution in [3.63, 3.8) is 0 Å². The van der Waals surface area contributed by atoms with Crippen LogP contribution in [0.25, 0.3) is 0 Å². The molecule has 3 aliphatic rings. The SMILES string of the molecule is CC1(C(N)=O)c2cc(F)ccc2C(=O)N1C1CCN(C2CCC(F)(F)CC2)CC1. The molecule has 2 aliphatic heterocycles. The number of primary amides is 1. The van der Waals surface area contributed by atoms with E-state index in [1.807, 2.05) is 0 Å². The van der Waals surface area contributed by atoms with Crippen LogP contribution in [-0.2, 0) is 10.3 Å². The number of nitrogens with two attached hydrogens (primary N) is 1. The molecule has 29 heavy (non-hydrogen) atoms. The topological polar surface area (TPSA) is 66.6 Å². The number of benzene rings is 1. The fourth-order valence-electron chi connectivity index (χ4n) is 5.25. The molecular weight excluding hydrogens is 383 g/mol. The van der Waals surface area contributed by atoms with E-state index < -0.39 is 23.2 Å². The van der Waals surface area contributed by atoms with E-state index in [4.69, 9.17) is 5.73 Å². The summed E-state index contributed by atoms with van der Waals surface area (Å²) in [6, 6.07) is 3.76. The first kappa shape index (κ1) is 20.2. The van der Waals surface area contributed by atoms with Crippen molar-refractivity contribution in [1.82, 2.24) is 9.80 Å². The number of carbonyl (C=O) groups excluding carboxylic acids is 2. The van der Waals surface area contributed by atoms with E-state index in [9.17, 15) is 22.8 Å². The molecule has 2 amide bonds. The van der Waals surface area contributed by atoms with Gasteiger partial charge in [0.1, 0.15) is 11.4 Å². The first-order valence-electron chi connectivity index (χ1n) is 10.2. The van der Waals surface area contributed by atoms with Crippen LogP contribution in [0.3, 0.4) is 0 Å². The zero-order valence-electron chi connectivity index (χ0n) is 16.5. The normalized spacial score (nSPS) is 28.6. The Balaban J connectivity index is 1.51. The summed E-state index contributed by atoms with van der Waals surface area (Å²) in [6.07, 6.45) is 2.04. The molecule has 1 aromatic carbocycles. The van der Waals surface area contributed by atoms with E-state index in [1.165, 1.54) is 23.1 Å². The minimum atomic E-state index is -2.55. The number of hydrogen-bond donors (Lipinski definition) is 1. The number of amides is 2. The fraction of sp³-hybridized carbons (Fsp3) is 0.619. The lowest BCUT2D eigenvalue weighted by molar-refractivity contribution is -0.129. The van der Waals surface area contributed by atoms with Crippen LogP contribution in [0.2, 0.25) is 0 Å². The number of alkyl halides is 2. The molecule has 1 atom stereocenters. The lowest BCUT2D eigenvalue weighted by atomic mass is 9.87. The maximum atomic E-state index is 13.8. The molecule has 0 bridgehead atoms. The molecule has 1 aliphatic carbocycles. The second-order valence-electron chi connectivity index (χ2n) is 8.66. The highest BCUT2D eigenvalue weighted by molar-refractivity contribution is 6.06. The average molecular weight is 409 g/mol. The lowest BCUT2D eigenvalue weighted by Gasteiger charge is -2.45. The fourth-order valence-corrected chi connectivity index (χ4v) is 5.25. The van der Waals surface area contributed by atoms with E-state index in [-0.39, 0.29) is 30.8 Å². The summed E-state index contributed by atoms with van der Waals surface area (Å²) in [7, 11) is 0. The standard InChI is InChI=1S/C21H26F3N3O2/c1-20(19(25)29)17-12-13(22)2-3-16(17)18(28)27(20)15-6-10-26(11-7-15)14-4-8-21(23,24)9-5-14/h2-3,12,14-15H,4-11H2,1H3,(H2,25,29). The highest BCUT2D eigenvalue weighted by atomic mass is 19.3. The van der Waals surface area contributed by atoms with Crippen LogP contribution >= 0.6 is 0 Å². The Labute approximate surface area is 168 Å². The molecule has 0 aromatic heterocycles. The van der Waals surface area contributed by atoms with E-state index in [0.717, 1.165) is 0 Å². The van der Waals surface area contributed by atoms with Gasteiger partial charge in [-0.25, -0.2) is 13.2 Å². The predicted octanol–water partition coefficient (Wildman–Crippen LogP) is 3.02. The number of halogens is 3. The van der Waals surface area contributed by atoms with Crippen LogP contribution in [0.1, 0.15) is 61.4 Å². The van der Waals surface area contributed by atoms with Gasteiger partial charge in [-0.1, -0.05) is 0 Å². The summed E-state index contributed by atoms with van der Waals surface area (Å²) in [5.41, 5.74) is 4.92. The van der Waals surface area contributed by atoms with Gasteiger partial charge >= 0.3 is 0 Å². The van der Waals surface area contributed by atoms with Gasteiger partial charge in [0.15, 0.2) is 0 Å². The Bertz CT molecular complexity index is 828. The first-order chi connectivity index (χ1) is 13.6. The number of nitrogens with zero attached hydrogens (tertiary/aromatic N) is 2. The van der Waals surface area contributed by atoms with Gasteiger partial charge in [-0.05, 0) is 50.8 Å². The number of rotatable bonds is 3. The molecule has 8 heteroatoms. The van der Waals surface area contributed by atoms with Crippen molar-refractivity contribution in [3.05, 3.63) is 35.1 Å². The summed E-state index contributed by atoms with van der Waals surface area (Å²) in [4.78, 5) is 29.2. The Kier molecular flexibility index (Phi) is 4.88. The van der Waals surface area contributed by atoms with Crippen LogP contribution in [0.4, 0.5) is 13.2 Å². The molecule has 2 fully saturated rings. The van der Waals surface area contributed by atoms with Crippen molar-refractivity contribution < 1.29 is 22.8 Å². The third kappa shape index (κ3) is 3.31. The summed E-state index contributed by atoms with van der Waals surface area (Å²) < 4.78 is 40.7. The van der Waals surface area contributed by atoms with E-state index in [2.05, 4.69) is 4.90 Å². The third-order valence-corrected chi connectivity index (χ3v) is 6.98. The van der Waals surface area contributed by atoms with Crippen molar-refractivity contribution in [2.24, 2.45) is 5.73 Å². The summed E-state index contributed by atoms with van der Waals surface area (Å²) in [6.45, 7) is 2.92. The van der Waals surface area contributed by atoms with Gasteiger partial charge in [0, 0.05) is 49.1 Å². The van der Waals surface area contributed by atoms with Crippen molar-refractivity contribution in [3.8, 4) is 0 Å². The van der Waals surface area contributed by atoms with Gasteiger partial charge in [0.2, 0.25) is 11.8 Å². The molecule has 2 heterocycles. The zero-order valence-corrected chi connectivity index (χ0v) is 16.5. The van der Waals surface area contributed by atoms with E-state index >= 15 is 0 Å². The van der Waals surface area contributed by atoms with Gasteiger partial charge in [-0.2, -0.15) is 0 Å². The minimum Gasteiger partial charge on any atom is -0.367 e. The number of fused-ring (bicyclic) bond motifs is 1. The minimum absolute atomic E-state index is 0.0805. The molecule has 1 aromatic rings. The van der Waals surface area contributed by atoms with Crippen LogP contribution in [0.15, 0.2) is 18.2 Å². The summed E-state index contributed by atoms with van der Waals surface area (Å²) >= 11 is 0. The largest absolute Gasteiger partial charge is 0.367 e. The Morgan fingerprint density at radius 3 is 2.31 bits per heavy atom. The Hall–Kier alpha value is -2.09. The van der Waals surface area contributed by atoms with Gasteiger partial charge < -0.3 is 15.5 Å². The predicted molar refractivity (Wildman–Crippen MR) is 101 cm³/mol. The van der Waals surface area contributed by atoms with E-state index in [0.29, 0.717) is 49.9 Å². The highest BCUT2D eigenvalue weighted by Crippen LogP contribution is 2.43. The molecule has 0 radical (unpaired) electrons. The molecule has 1 saturated carbocycles. The van der Waals surface area contributed by atoms with Crippen molar-refractivity contribution >= 4 is 11.8 Å². The first-order valence-corrected chi connectivity index (χ1v) is 10.2. The summed E-state index contributed by atoms with van der Waals surface area (Å²) in [5.74, 6) is -4.07. The molecule has 0 spiro atoms. The van der Waals surface area contributed by atoms with Crippen LogP contribution in [-0.4, -0.2) is 52.7 Å². The maximum Gasteiger partial charge on any atom is 0.255 e. The Morgan fingerprint density at radius 2 is 1.72 bits per heavy atom. The third-order valence-electron chi connectivity index (χ3n) is 6.98. The number of carbonyl (C=O) groups is 2. The monoisotopic (exact) mass is 409 g/mol. The van der Waals surface area contributed by atoms with Crippen molar-refractivity contribution in [2.45, 2.75) is 69.0 Å². The van der Waals surface area contributed by atoms with Crippen LogP contribution < -0.4 is 5.73 Å². The quantitative estimate of drug-likeness (QED) is 0.835. The number of piperidine rings is 1. The maximum absolute atomic E-state index is 13.8. The van der Waals surface area contributed by atoms with Gasteiger partial charge in [0.05, 0.1) is 0 Å². The molecule has 1 saturated heterocycles. The van der Waals surface area contributed by atoms with Crippen LogP contribution in [0, 0.1) is 5.82 Å². The molecular formula is C21H26F3N3O2. The summed E-state index contributed by atoms with van der Waals surface area (Å²) in [5, 5.41) is 0. The molecule has 2 N–H and O–H groups in total. The zero-order chi connectivity index (χ0) is 21.0. The number of likely N-dealkylation sites (tertiary alicyclic amines) is 1. The van der Waals surface area contributed by atoms with Crippen molar-refractivity contribution in [2.75, 3.05) is 13.1 Å². The number of hydrogen-bond acceptors (Lipinski definition) is 3. The molecule has 1 unspecified atom stereocenters. The van der Waals surface area contributed by atoms with Gasteiger partial charge in [0.25, 0.3) is 5.91 Å². The molecule has 158 valence electrons. The second-order valence-corrected chi connectivity index (χ2v) is 8.66. The van der Waals surface area contributed by atoms with Gasteiger partial charge in [-0.15, -0.1) is 0 Å². The second kappa shape index (κ2) is 7.00. The van der Waals surface area contributed by atoms with Crippen LogP contribution in [0.5, 0.6) is 0 Å². The average Bonchev–Trinajstić information content (AvgIpc) is 2.90. The highest BCUT2D eigenvalue weighted by Gasteiger charge is 2.53. The Morgan fingerprint density at radius 1 is 1.10 bits per heavy atom. The molecule has 4 rings (SSSR count). The van der Waals surface area contributed by atoms with Crippen molar-refractivity contribution in [1.29, 1.82) is 0 Å². The van der Waals surface area contributed by atoms with Gasteiger partial charge in [-0.3, -0.25) is 9.59 Å². The smallest absolute Gasteiger partial charge is 0.255 e. The lowest BCUT2D eigenvalue weighted by Crippen LogP contribution is -2.58. The molecule has 5 nitrogen and oxygen atoms in total.